The minimum absolute atomic E-state index is 0.00900. The van der Waals surface area contributed by atoms with Crippen molar-refractivity contribution in [2.24, 2.45) is 0 Å². The average molecular weight is 367 g/mol. The zero-order chi connectivity index (χ0) is 19.3. The van der Waals surface area contributed by atoms with E-state index in [1.165, 1.54) is 0 Å². The third-order valence-electron chi connectivity index (χ3n) is 3.97. The van der Waals surface area contributed by atoms with Crippen LogP contribution in [0.5, 0.6) is 0 Å². The van der Waals surface area contributed by atoms with E-state index in [1.54, 1.807) is 30.3 Å². The van der Waals surface area contributed by atoms with Crippen LogP contribution in [0.2, 0.25) is 0 Å². The summed E-state index contributed by atoms with van der Waals surface area (Å²) in [4.78, 5) is 23.3. The van der Waals surface area contributed by atoms with Gasteiger partial charge in [-0.25, -0.2) is 4.79 Å². The van der Waals surface area contributed by atoms with Crippen molar-refractivity contribution in [2.75, 3.05) is 6.61 Å². The van der Waals surface area contributed by atoms with Gasteiger partial charge < -0.3 is 35.6 Å². The minimum atomic E-state index is -1.74. The van der Waals surface area contributed by atoms with Crippen LogP contribution in [0.1, 0.15) is 5.56 Å². The van der Waals surface area contributed by atoms with Gasteiger partial charge in [-0.1, -0.05) is 30.3 Å². The van der Waals surface area contributed by atoms with Crippen molar-refractivity contribution < 1.29 is 39.9 Å². The topological polar surface area (TPSA) is 157 Å². The highest BCUT2D eigenvalue weighted by atomic mass is 16.5. The van der Waals surface area contributed by atoms with Crippen LogP contribution in [-0.2, 0) is 20.7 Å². The molecule has 0 aromatic heterocycles. The molecular formula is C17H21NO8. The zero-order valence-corrected chi connectivity index (χ0v) is 13.7. The van der Waals surface area contributed by atoms with Gasteiger partial charge in [0, 0.05) is 0 Å². The predicted molar refractivity (Wildman–Crippen MR) is 87.8 cm³/mol. The number of aliphatic carboxylic acids is 1. The number of carbonyl (C=O) groups is 2. The van der Waals surface area contributed by atoms with Gasteiger partial charge in [0.1, 0.15) is 18.3 Å². The normalized spacial score (nSPS) is 24.8. The van der Waals surface area contributed by atoms with Crippen molar-refractivity contribution in [1.82, 2.24) is 5.32 Å². The average Bonchev–Trinajstić information content (AvgIpc) is 2.62. The molecule has 0 saturated carbocycles. The number of benzene rings is 1. The quantitative estimate of drug-likeness (QED) is 0.328. The monoisotopic (exact) mass is 367 g/mol. The predicted octanol–water partition coefficient (Wildman–Crippen LogP) is -1.84. The highest BCUT2D eigenvalue weighted by Crippen LogP contribution is 2.23. The summed E-state index contributed by atoms with van der Waals surface area (Å²) in [7, 11) is 0. The number of amides is 1. The largest absolute Gasteiger partial charge is 0.478 e. The number of carbonyl (C=O) groups excluding carboxylic acids is 1. The van der Waals surface area contributed by atoms with Gasteiger partial charge in [0.2, 0.25) is 11.7 Å². The van der Waals surface area contributed by atoms with Gasteiger partial charge in [-0.15, -0.1) is 0 Å². The van der Waals surface area contributed by atoms with Crippen LogP contribution in [-0.4, -0.2) is 74.5 Å². The van der Waals surface area contributed by atoms with Gasteiger partial charge in [-0.3, -0.25) is 4.79 Å². The maximum Gasteiger partial charge on any atom is 0.370 e. The number of rotatable bonds is 7. The number of hydrogen-bond donors (Lipinski definition) is 6. The lowest BCUT2D eigenvalue weighted by atomic mass is 9.93. The second-order valence-electron chi connectivity index (χ2n) is 5.91. The molecular weight excluding hydrogens is 346 g/mol. The van der Waals surface area contributed by atoms with Crippen LogP contribution in [0.25, 0.3) is 0 Å². The van der Waals surface area contributed by atoms with E-state index in [4.69, 9.17) is 14.9 Å². The van der Waals surface area contributed by atoms with Crippen LogP contribution in [0.4, 0.5) is 0 Å². The molecule has 0 bridgehead atoms. The Hall–Kier alpha value is -2.46. The fourth-order valence-corrected chi connectivity index (χ4v) is 2.63. The van der Waals surface area contributed by atoms with Crippen molar-refractivity contribution in [3.05, 3.63) is 47.7 Å². The van der Waals surface area contributed by atoms with E-state index in [2.05, 4.69) is 5.32 Å². The first-order valence-corrected chi connectivity index (χ1v) is 7.93. The third-order valence-corrected chi connectivity index (χ3v) is 3.97. The highest BCUT2D eigenvalue weighted by Gasteiger charge is 2.43. The molecule has 2 rings (SSSR count). The lowest BCUT2D eigenvalue weighted by Crippen LogP contribution is -2.60. The zero-order valence-electron chi connectivity index (χ0n) is 13.7. The smallest absolute Gasteiger partial charge is 0.370 e. The van der Waals surface area contributed by atoms with Gasteiger partial charge in [0.25, 0.3) is 0 Å². The SMILES string of the molecule is O=C(Cc1ccccc1)N[C@H]1[C@H]([C@H](O)[C@H](O)CO)OC(C(=O)O)=C[C@@H]1O. The molecule has 142 valence electrons. The fraction of sp³-hybridized carbons (Fsp3) is 0.412. The summed E-state index contributed by atoms with van der Waals surface area (Å²) in [6.45, 7) is -0.812. The molecule has 1 aromatic rings. The van der Waals surface area contributed by atoms with E-state index in [1.807, 2.05) is 0 Å². The third kappa shape index (κ3) is 4.79. The van der Waals surface area contributed by atoms with Crippen molar-refractivity contribution in [1.29, 1.82) is 0 Å². The number of aliphatic hydroxyl groups excluding tert-OH is 4. The van der Waals surface area contributed by atoms with Gasteiger partial charge in [-0.05, 0) is 11.6 Å². The Balaban J connectivity index is 2.18. The lowest BCUT2D eigenvalue weighted by molar-refractivity contribution is -0.149. The Bertz CT molecular complexity index is 662. The first-order chi connectivity index (χ1) is 12.3. The van der Waals surface area contributed by atoms with Crippen LogP contribution in [0.3, 0.4) is 0 Å². The Morgan fingerprint density at radius 3 is 2.42 bits per heavy atom. The second-order valence-corrected chi connectivity index (χ2v) is 5.91. The van der Waals surface area contributed by atoms with Gasteiger partial charge >= 0.3 is 5.97 Å². The molecule has 1 amide bonds. The van der Waals surface area contributed by atoms with Crippen LogP contribution in [0, 0.1) is 0 Å². The van der Waals surface area contributed by atoms with Crippen molar-refractivity contribution in [2.45, 2.75) is 36.9 Å². The van der Waals surface area contributed by atoms with E-state index in [9.17, 15) is 24.9 Å². The molecule has 0 aliphatic carbocycles. The maximum atomic E-state index is 12.2. The summed E-state index contributed by atoms with van der Waals surface area (Å²) in [6, 6.07) is 7.56. The standard InChI is InChI=1S/C17H21NO8/c19-8-11(21)15(23)16-14(10(20)7-12(26-16)17(24)25)18-13(22)6-9-4-2-1-3-5-9/h1-5,7,10-11,14-16,19-21,23H,6,8H2,(H,18,22)(H,24,25)/t10-,11+,14+,15+,16+/m0/s1. The Morgan fingerprint density at radius 1 is 1.19 bits per heavy atom. The molecule has 26 heavy (non-hydrogen) atoms. The van der Waals surface area contributed by atoms with Crippen molar-refractivity contribution >= 4 is 11.9 Å². The Morgan fingerprint density at radius 2 is 1.85 bits per heavy atom. The number of nitrogens with one attached hydrogen (secondary N) is 1. The summed E-state index contributed by atoms with van der Waals surface area (Å²) < 4.78 is 5.13. The molecule has 0 saturated heterocycles. The first-order valence-electron chi connectivity index (χ1n) is 7.93. The summed E-state index contributed by atoms with van der Waals surface area (Å²) in [5.41, 5.74) is 0.713. The second kappa shape index (κ2) is 8.77. The van der Waals surface area contributed by atoms with Gasteiger partial charge in [-0.2, -0.15) is 0 Å². The molecule has 1 aromatic carbocycles. The molecule has 1 aliphatic rings. The fourth-order valence-electron chi connectivity index (χ4n) is 2.63. The molecule has 9 nitrogen and oxygen atoms in total. The number of carboxylic acid groups (broad SMARTS) is 1. The van der Waals surface area contributed by atoms with E-state index in [0.717, 1.165) is 6.08 Å². The number of hydrogen-bond acceptors (Lipinski definition) is 7. The van der Waals surface area contributed by atoms with Crippen molar-refractivity contribution in [3.8, 4) is 0 Å². The first kappa shape index (κ1) is 19.9. The van der Waals surface area contributed by atoms with Crippen LogP contribution < -0.4 is 5.32 Å². The molecule has 5 atom stereocenters. The number of ether oxygens (including phenoxy) is 1. The summed E-state index contributed by atoms with van der Waals surface area (Å²) in [5, 5.41) is 50.4. The molecule has 0 unspecified atom stereocenters. The van der Waals surface area contributed by atoms with Crippen LogP contribution in [0.15, 0.2) is 42.2 Å². The molecule has 1 aliphatic heterocycles. The Kier molecular flexibility index (Phi) is 6.70. The molecule has 1 heterocycles. The van der Waals surface area contributed by atoms with E-state index >= 15 is 0 Å². The van der Waals surface area contributed by atoms with E-state index in [0.29, 0.717) is 5.56 Å². The Labute approximate surface area is 149 Å². The molecule has 0 spiro atoms. The molecule has 6 N–H and O–H groups in total. The van der Waals surface area contributed by atoms with E-state index < -0.39 is 54.7 Å². The van der Waals surface area contributed by atoms with Gasteiger partial charge in [0.05, 0.1) is 19.1 Å². The minimum Gasteiger partial charge on any atom is -0.478 e. The number of carboxylic acids is 1. The lowest BCUT2D eigenvalue weighted by Gasteiger charge is -2.38. The van der Waals surface area contributed by atoms with Crippen molar-refractivity contribution in [3.63, 3.8) is 0 Å². The summed E-state index contributed by atoms with van der Waals surface area (Å²) in [6.07, 6.45) is -5.44. The summed E-state index contributed by atoms with van der Waals surface area (Å²) >= 11 is 0. The molecule has 0 fully saturated rings. The van der Waals surface area contributed by atoms with E-state index in [-0.39, 0.29) is 6.42 Å². The van der Waals surface area contributed by atoms with Gasteiger partial charge in [0.15, 0.2) is 6.10 Å². The number of aliphatic hydroxyl groups is 4. The maximum absolute atomic E-state index is 12.2. The molecule has 0 radical (unpaired) electrons. The summed E-state index contributed by atoms with van der Waals surface area (Å²) in [5.74, 6) is -2.60. The molecule has 9 heteroatoms. The highest BCUT2D eigenvalue weighted by molar-refractivity contribution is 5.85. The van der Waals surface area contributed by atoms with Crippen LogP contribution >= 0.6 is 0 Å².